The van der Waals surface area contributed by atoms with Gasteiger partial charge in [-0.2, -0.15) is 0 Å². The zero-order chi connectivity index (χ0) is 28.0. The maximum Gasteiger partial charge on any atom is 0.124 e. The number of rotatable bonds is 11. The van der Waals surface area contributed by atoms with E-state index in [1.807, 2.05) is 68.8 Å². The highest BCUT2D eigenvalue weighted by molar-refractivity contribution is 9.10. The zero-order valence-corrected chi connectivity index (χ0v) is 25.5. The van der Waals surface area contributed by atoms with Crippen LogP contribution < -0.4 is 0 Å². The number of hydrogen-bond donors (Lipinski definition) is 0. The summed E-state index contributed by atoms with van der Waals surface area (Å²) < 4.78 is 7.13. The van der Waals surface area contributed by atoms with Crippen LogP contribution in [0.5, 0.6) is 0 Å². The molecule has 0 fully saturated rings. The topological polar surface area (TPSA) is 41.5 Å². The third-order valence-corrected chi connectivity index (χ3v) is 6.91. The average Bonchev–Trinajstić information content (AvgIpc) is 2.94. The summed E-state index contributed by atoms with van der Waals surface area (Å²) >= 11 is 9.43. The molecule has 0 saturated carbocycles. The molecule has 7 heteroatoms. The lowest BCUT2D eigenvalue weighted by atomic mass is 9.92. The second kappa shape index (κ2) is 16.5. The summed E-state index contributed by atoms with van der Waals surface area (Å²) in [5, 5.41) is 0.724. The Kier molecular flexibility index (Phi) is 13.1. The lowest BCUT2D eigenvalue weighted by Crippen LogP contribution is -2.20. The van der Waals surface area contributed by atoms with Crippen molar-refractivity contribution in [3.63, 3.8) is 0 Å². The Balaban J connectivity index is 0.000000216. The second-order valence-corrected chi connectivity index (χ2v) is 11.2. The number of nitrogens with zero attached hydrogens (tertiary/aromatic N) is 4. The molecule has 39 heavy (non-hydrogen) atoms. The average molecular weight is 610 g/mol. The van der Waals surface area contributed by atoms with E-state index in [0.717, 1.165) is 46.0 Å². The molecule has 0 N–H and O–H groups in total. The summed E-state index contributed by atoms with van der Waals surface area (Å²) in [4.78, 5) is 13.2. The number of halogens is 2. The highest BCUT2D eigenvalue weighted by atomic mass is 79.9. The largest absolute Gasteiger partial charge is 0.366 e. The normalized spacial score (nSPS) is 12.6. The Bertz CT molecular complexity index is 1210. The lowest BCUT2D eigenvalue weighted by molar-refractivity contribution is 0.0662. The van der Waals surface area contributed by atoms with Crippen LogP contribution in [0.25, 0.3) is 0 Å². The Morgan fingerprint density at radius 3 is 1.82 bits per heavy atom. The van der Waals surface area contributed by atoms with Crippen LogP contribution in [0.15, 0.2) is 102 Å². The lowest BCUT2D eigenvalue weighted by Gasteiger charge is -2.19. The summed E-state index contributed by atoms with van der Waals surface area (Å²) in [6.07, 6.45) is 4.57. The van der Waals surface area contributed by atoms with Gasteiger partial charge in [-0.05, 0) is 101 Å². The molecule has 2 atom stereocenters. The van der Waals surface area contributed by atoms with E-state index in [1.165, 1.54) is 5.56 Å². The van der Waals surface area contributed by atoms with Gasteiger partial charge in [-0.1, -0.05) is 63.9 Å². The van der Waals surface area contributed by atoms with Crippen LogP contribution in [0.3, 0.4) is 0 Å². The third-order valence-electron chi connectivity index (χ3n) is 6.13. The number of ether oxygens (including phenoxy) is 1. The van der Waals surface area contributed by atoms with Crippen LogP contribution in [-0.4, -0.2) is 67.7 Å². The first-order chi connectivity index (χ1) is 18.8. The third kappa shape index (κ3) is 10.8. The predicted molar refractivity (Wildman–Crippen MR) is 165 cm³/mol. The van der Waals surface area contributed by atoms with Crippen LogP contribution >= 0.6 is 27.5 Å². The van der Waals surface area contributed by atoms with Gasteiger partial charge in [0.1, 0.15) is 6.10 Å². The van der Waals surface area contributed by atoms with Gasteiger partial charge in [0.2, 0.25) is 0 Å². The van der Waals surface area contributed by atoms with Crippen molar-refractivity contribution in [2.75, 3.05) is 47.9 Å². The van der Waals surface area contributed by atoms with E-state index < -0.39 is 0 Å². The van der Waals surface area contributed by atoms with Crippen molar-refractivity contribution >= 4 is 27.5 Å². The first-order valence-corrected chi connectivity index (χ1v) is 14.2. The fourth-order valence-electron chi connectivity index (χ4n) is 4.02. The van der Waals surface area contributed by atoms with Gasteiger partial charge < -0.3 is 14.5 Å². The van der Waals surface area contributed by atoms with Crippen molar-refractivity contribution in [3.05, 3.63) is 129 Å². The minimum absolute atomic E-state index is 0.159. The molecule has 0 aliphatic heterocycles. The van der Waals surface area contributed by atoms with E-state index in [9.17, 15) is 0 Å². The van der Waals surface area contributed by atoms with Crippen molar-refractivity contribution in [1.29, 1.82) is 0 Å². The molecule has 0 radical (unpaired) electrons. The van der Waals surface area contributed by atoms with Crippen LogP contribution in [0.4, 0.5) is 0 Å². The molecule has 0 aliphatic carbocycles. The smallest absolute Gasteiger partial charge is 0.124 e. The zero-order valence-electron chi connectivity index (χ0n) is 23.2. The van der Waals surface area contributed by atoms with Gasteiger partial charge in [-0.25, -0.2) is 0 Å². The summed E-state index contributed by atoms with van der Waals surface area (Å²) in [7, 11) is 8.27. The van der Waals surface area contributed by atoms with Crippen LogP contribution in [0, 0.1) is 0 Å². The van der Waals surface area contributed by atoms with Crippen molar-refractivity contribution < 1.29 is 4.74 Å². The van der Waals surface area contributed by atoms with Crippen LogP contribution in [0.1, 0.15) is 41.0 Å². The highest BCUT2D eigenvalue weighted by Crippen LogP contribution is 2.28. The van der Waals surface area contributed by atoms with Crippen molar-refractivity contribution in [2.45, 2.75) is 18.4 Å². The molecule has 0 spiro atoms. The first kappa shape index (κ1) is 30.9. The summed E-state index contributed by atoms with van der Waals surface area (Å²) in [5.41, 5.74) is 4.44. The molecule has 4 rings (SSSR count). The van der Waals surface area contributed by atoms with E-state index in [2.05, 4.69) is 86.2 Å². The summed E-state index contributed by atoms with van der Waals surface area (Å²) in [6, 6.07) is 28.3. The minimum atomic E-state index is -0.159. The monoisotopic (exact) mass is 608 g/mol. The Morgan fingerprint density at radius 1 is 0.718 bits per heavy atom. The van der Waals surface area contributed by atoms with Gasteiger partial charge in [0.15, 0.2) is 0 Å². The Hall–Kier alpha value is -2.61. The molecular weight excluding hydrogens is 572 g/mol. The molecule has 0 saturated heterocycles. The number of benzene rings is 2. The molecule has 0 amide bonds. The Morgan fingerprint density at radius 2 is 1.28 bits per heavy atom. The maximum atomic E-state index is 6.02. The van der Waals surface area contributed by atoms with Gasteiger partial charge in [-0.15, -0.1) is 0 Å². The molecule has 206 valence electrons. The summed E-state index contributed by atoms with van der Waals surface area (Å²) in [5.74, 6) is 0.358. The van der Waals surface area contributed by atoms with E-state index in [0.29, 0.717) is 12.5 Å². The van der Waals surface area contributed by atoms with Crippen molar-refractivity contribution in [1.82, 2.24) is 19.8 Å². The van der Waals surface area contributed by atoms with Crippen LogP contribution in [-0.2, 0) is 4.74 Å². The van der Waals surface area contributed by atoms with E-state index >= 15 is 0 Å². The van der Waals surface area contributed by atoms with Gasteiger partial charge in [0.05, 0.1) is 12.3 Å². The molecule has 2 aromatic carbocycles. The highest BCUT2D eigenvalue weighted by Gasteiger charge is 2.16. The van der Waals surface area contributed by atoms with Gasteiger partial charge in [0.25, 0.3) is 0 Å². The van der Waals surface area contributed by atoms with E-state index in [1.54, 1.807) is 6.20 Å². The minimum Gasteiger partial charge on any atom is -0.366 e. The second-order valence-electron chi connectivity index (χ2n) is 9.81. The molecule has 2 heterocycles. The predicted octanol–water partition coefficient (Wildman–Crippen LogP) is 7.33. The molecular formula is C32H38BrClN4O. The standard InChI is InChI=1S/C16H19BrN2.C16H19ClN2O/c1-19(2)12-10-15(16-5-3-4-11-18-16)13-6-8-14(17)9-7-13;1-19(2)11-12-20-16(15-5-3-4-10-18-15)13-6-8-14(17)9-7-13/h3-9,11,15H,10,12H2,1-2H3;3-10,16H,11-12H2,1-2H3. The molecule has 5 nitrogen and oxygen atoms in total. The van der Waals surface area contributed by atoms with Crippen molar-refractivity contribution in [3.8, 4) is 0 Å². The number of hydrogen-bond acceptors (Lipinski definition) is 5. The molecule has 2 unspecified atom stereocenters. The van der Waals surface area contributed by atoms with Crippen molar-refractivity contribution in [2.24, 2.45) is 0 Å². The SMILES string of the molecule is CN(C)CCC(c1ccc(Br)cc1)c1ccccn1.CN(C)CCOC(c1ccc(Cl)cc1)c1ccccn1. The molecule has 2 aromatic heterocycles. The van der Waals surface area contributed by atoms with E-state index in [4.69, 9.17) is 16.3 Å². The number of pyridine rings is 2. The molecule has 4 aromatic rings. The molecule has 0 aliphatic rings. The number of aromatic nitrogens is 2. The maximum absolute atomic E-state index is 6.02. The van der Waals surface area contributed by atoms with E-state index in [-0.39, 0.29) is 6.10 Å². The first-order valence-electron chi connectivity index (χ1n) is 13.1. The van der Waals surface area contributed by atoms with Gasteiger partial charge >= 0.3 is 0 Å². The fourth-order valence-corrected chi connectivity index (χ4v) is 4.41. The van der Waals surface area contributed by atoms with Gasteiger partial charge in [0, 0.05) is 40.0 Å². The quantitative estimate of drug-likeness (QED) is 0.178. The summed E-state index contributed by atoms with van der Waals surface area (Å²) in [6.45, 7) is 2.57. The van der Waals surface area contributed by atoms with Crippen LogP contribution in [0.2, 0.25) is 5.02 Å². The Labute approximate surface area is 247 Å². The van der Waals surface area contributed by atoms with Gasteiger partial charge in [-0.3, -0.25) is 9.97 Å². The number of likely N-dealkylation sites (N-methyl/N-ethyl adjacent to an activating group) is 1. The molecule has 0 bridgehead atoms. The fraction of sp³-hybridized carbons (Fsp3) is 0.312.